The van der Waals surface area contributed by atoms with Crippen LogP contribution in [0.25, 0.3) is 5.70 Å². The summed E-state index contributed by atoms with van der Waals surface area (Å²) in [6.45, 7) is 1.58. The Labute approximate surface area is 170 Å². The summed E-state index contributed by atoms with van der Waals surface area (Å²) in [5.74, 6) is 0.0349. The van der Waals surface area contributed by atoms with Gasteiger partial charge < -0.3 is 20.5 Å². The third kappa shape index (κ3) is 3.65. The van der Waals surface area contributed by atoms with E-state index >= 15 is 0 Å². The molecule has 30 heavy (non-hydrogen) atoms. The van der Waals surface area contributed by atoms with Crippen LogP contribution in [0, 0.1) is 5.82 Å². The number of nitrogens with zero attached hydrogens (tertiary/aromatic N) is 1. The first-order valence-electron chi connectivity index (χ1n) is 8.73. The third-order valence-corrected chi connectivity index (χ3v) is 4.72. The monoisotopic (exact) mass is 424 g/mol. The van der Waals surface area contributed by atoms with Gasteiger partial charge in [0, 0.05) is 11.1 Å². The summed E-state index contributed by atoms with van der Waals surface area (Å²) in [4.78, 5) is 4.36. The van der Waals surface area contributed by atoms with E-state index in [1.54, 1.807) is 25.1 Å². The summed E-state index contributed by atoms with van der Waals surface area (Å²) in [7, 11) is 2.92. The number of amidine groups is 1. The SMILES string of the molecule is COc1ccc(C2(N)N=C(C)NC(c3ccc(C(F)(F)F)cc3F)=C2N)cc1OC. The molecular weight excluding hydrogens is 404 g/mol. The van der Waals surface area contributed by atoms with E-state index in [2.05, 4.69) is 10.3 Å². The second-order valence-corrected chi connectivity index (χ2v) is 6.64. The predicted molar refractivity (Wildman–Crippen MR) is 104 cm³/mol. The molecule has 0 saturated heterocycles. The van der Waals surface area contributed by atoms with E-state index in [1.807, 2.05) is 0 Å². The second-order valence-electron chi connectivity index (χ2n) is 6.64. The zero-order valence-corrected chi connectivity index (χ0v) is 16.4. The van der Waals surface area contributed by atoms with Gasteiger partial charge in [0.1, 0.15) is 11.7 Å². The molecule has 1 heterocycles. The molecule has 0 saturated carbocycles. The van der Waals surface area contributed by atoms with Gasteiger partial charge in [0.25, 0.3) is 0 Å². The summed E-state index contributed by atoms with van der Waals surface area (Å²) >= 11 is 0. The molecule has 0 amide bonds. The Bertz CT molecular complexity index is 1050. The Morgan fingerprint density at radius 3 is 2.27 bits per heavy atom. The number of alkyl halides is 3. The van der Waals surface area contributed by atoms with E-state index < -0.39 is 23.2 Å². The van der Waals surface area contributed by atoms with Crippen molar-refractivity contribution in [1.82, 2.24) is 5.32 Å². The van der Waals surface area contributed by atoms with Crippen LogP contribution < -0.4 is 26.3 Å². The van der Waals surface area contributed by atoms with Crippen molar-refractivity contribution in [2.24, 2.45) is 16.5 Å². The zero-order valence-electron chi connectivity index (χ0n) is 16.4. The van der Waals surface area contributed by atoms with Gasteiger partial charge in [0.2, 0.25) is 0 Å². The van der Waals surface area contributed by atoms with Gasteiger partial charge in [-0.15, -0.1) is 0 Å². The van der Waals surface area contributed by atoms with Crippen molar-refractivity contribution >= 4 is 11.5 Å². The molecule has 0 aliphatic carbocycles. The topological polar surface area (TPSA) is 94.9 Å². The summed E-state index contributed by atoms with van der Waals surface area (Å²) < 4.78 is 63.7. The number of nitrogens with two attached hydrogens (primary N) is 2. The number of nitrogens with one attached hydrogen (secondary N) is 1. The van der Waals surface area contributed by atoms with Gasteiger partial charge in [-0.3, -0.25) is 5.73 Å². The van der Waals surface area contributed by atoms with Crippen molar-refractivity contribution in [2.75, 3.05) is 14.2 Å². The van der Waals surface area contributed by atoms with Crippen molar-refractivity contribution in [3.8, 4) is 11.5 Å². The zero-order chi connectivity index (χ0) is 22.3. The molecule has 1 aliphatic heterocycles. The molecule has 0 aromatic heterocycles. The van der Waals surface area contributed by atoms with Gasteiger partial charge in [0.15, 0.2) is 17.2 Å². The lowest BCUT2D eigenvalue weighted by molar-refractivity contribution is -0.137. The van der Waals surface area contributed by atoms with Crippen LogP contribution in [-0.4, -0.2) is 20.1 Å². The minimum atomic E-state index is -4.67. The minimum absolute atomic E-state index is 0.0333. The first kappa shape index (κ1) is 21.4. The van der Waals surface area contributed by atoms with Gasteiger partial charge in [-0.05, 0) is 37.3 Å². The van der Waals surface area contributed by atoms with Crippen molar-refractivity contribution in [2.45, 2.75) is 18.8 Å². The molecule has 5 N–H and O–H groups in total. The molecule has 0 radical (unpaired) electrons. The molecule has 0 bridgehead atoms. The molecule has 1 atom stereocenters. The largest absolute Gasteiger partial charge is 0.493 e. The number of methoxy groups -OCH3 is 2. The maximum absolute atomic E-state index is 14.6. The molecule has 0 fully saturated rings. The average Bonchev–Trinajstić information content (AvgIpc) is 2.69. The molecule has 3 rings (SSSR count). The number of aliphatic imine (C=N–C) groups is 1. The number of halogens is 4. The van der Waals surface area contributed by atoms with Gasteiger partial charge in [-0.2, -0.15) is 13.2 Å². The molecule has 10 heteroatoms. The van der Waals surface area contributed by atoms with E-state index in [4.69, 9.17) is 20.9 Å². The second kappa shape index (κ2) is 7.52. The van der Waals surface area contributed by atoms with Gasteiger partial charge >= 0.3 is 6.18 Å². The van der Waals surface area contributed by atoms with E-state index in [-0.39, 0.29) is 17.0 Å². The minimum Gasteiger partial charge on any atom is -0.493 e. The highest BCUT2D eigenvalue weighted by Crippen LogP contribution is 2.38. The highest BCUT2D eigenvalue weighted by Gasteiger charge is 2.38. The van der Waals surface area contributed by atoms with Crippen LogP contribution in [0.15, 0.2) is 47.1 Å². The number of ether oxygens (including phenoxy) is 2. The number of rotatable bonds is 4. The smallest absolute Gasteiger partial charge is 0.416 e. The van der Waals surface area contributed by atoms with Crippen LogP contribution in [0.2, 0.25) is 0 Å². The Hall–Kier alpha value is -3.27. The van der Waals surface area contributed by atoms with Crippen LogP contribution >= 0.6 is 0 Å². The summed E-state index contributed by atoms with van der Waals surface area (Å²) in [6.07, 6.45) is -4.67. The maximum atomic E-state index is 14.6. The molecule has 160 valence electrons. The van der Waals surface area contributed by atoms with E-state index in [9.17, 15) is 17.6 Å². The average molecular weight is 424 g/mol. The van der Waals surface area contributed by atoms with Crippen LogP contribution in [0.4, 0.5) is 17.6 Å². The van der Waals surface area contributed by atoms with E-state index in [0.717, 1.165) is 12.1 Å². The lowest BCUT2D eigenvalue weighted by atomic mass is 9.92. The third-order valence-electron chi connectivity index (χ3n) is 4.72. The van der Waals surface area contributed by atoms with Crippen LogP contribution in [0.1, 0.15) is 23.6 Å². The van der Waals surface area contributed by atoms with Crippen molar-refractivity contribution < 1.29 is 27.0 Å². The molecule has 6 nitrogen and oxygen atoms in total. The Morgan fingerprint density at radius 2 is 1.70 bits per heavy atom. The van der Waals surface area contributed by atoms with Crippen LogP contribution in [0.5, 0.6) is 11.5 Å². The fourth-order valence-electron chi connectivity index (χ4n) is 3.19. The summed E-state index contributed by atoms with van der Waals surface area (Å²) in [5, 5.41) is 2.80. The summed E-state index contributed by atoms with van der Waals surface area (Å²) in [6, 6.07) is 7.00. The normalized spacial score (nSPS) is 19.3. The number of hydrogen-bond acceptors (Lipinski definition) is 6. The van der Waals surface area contributed by atoms with Gasteiger partial charge in [-0.25, -0.2) is 9.38 Å². The molecule has 2 aromatic rings. The van der Waals surface area contributed by atoms with Gasteiger partial charge in [-0.1, -0.05) is 6.07 Å². The molecular formula is C20H20F4N4O2. The van der Waals surface area contributed by atoms with Crippen LogP contribution in [0.3, 0.4) is 0 Å². The fraction of sp³-hybridized carbons (Fsp3) is 0.250. The Balaban J connectivity index is 2.15. The van der Waals surface area contributed by atoms with Gasteiger partial charge in [0.05, 0.1) is 31.2 Å². The highest BCUT2D eigenvalue weighted by molar-refractivity contribution is 5.93. The van der Waals surface area contributed by atoms with E-state index in [1.165, 1.54) is 14.2 Å². The molecule has 0 spiro atoms. The standard InChI is InChI=1S/C20H20F4N4O2/c1-10-27-17(13-6-4-12(8-14(13)21)20(22,23)24)18(25)19(26,28-10)11-5-7-15(29-2)16(9-11)30-3/h4-9H,25-26H2,1-3H3,(H,27,28). The van der Waals surface area contributed by atoms with Crippen molar-refractivity contribution in [1.29, 1.82) is 0 Å². The number of benzene rings is 2. The highest BCUT2D eigenvalue weighted by atomic mass is 19.4. The predicted octanol–water partition coefficient (Wildman–Crippen LogP) is 3.32. The first-order valence-corrected chi connectivity index (χ1v) is 8.73. The number of hydrogen-bond donors (Lipinski definition) is 3. The lowest BCUT2D eigenvalue weighted by Crippen LogP contribution is -2.47. The van der Waals surface area contributed by atoms with Crippen molar-refractivity contribution in [3.63, 3.8) is 0 Å². The molecule has 1 unspecified atom stereocenters. The fourth-order valence-corrected chi connectivity index (χ4v) is 3.19. The van der Waals surface area contributed by atoms with Crippen LogP contribution in [-0.2, 0) is 11.8 Å². The summed E-state index contributed by atoms with van der Waals surface area (Å²) in [5.41, 5.74) is 10.3. The first-order chi connectivity index (χ1) is 14.0. The van der Waals surface area contributed by atoms with E-state index in [0.29, 0.717) is 29.0 Å². The quantitative estimate of drug-likeness (QED) is 0.655. The molecule has 2 aromatic carbocycles. The molecule has 1 aliphatic rings. The van der Waals surface area contributed by atoms with Crippen molar-refractivity contribution in [3.05, 3.63) is 64.6 Å². The maximum Gasteiger partial charge on any atom is 0.416 e. The lowest BCUT2D eigenvalue weighted by Gasteiger charge is -2.34. The Morgan fingerprint density at radius 1 is 1.03 bits per heavy atom. The Kier molecular flexibility index (Phi) is 5.38.